The van der Waals surface area contributed by atoms with E-state index in [1.54, 1.807) is 6.07 Å². The molecule has 1 aliphatic heterocycles. The monoisotopic (exact) mass is 376 g/mol. The summed E-state index contributed by atoms with van der Waals surface area (Å²) in [7, 11) is 4.01. The minimum absolute atomic E-state index is 0.375. The molecule has 0 bridgehead atoms. The fourth-order valence-corrected chi connectivity index (χ4v) is 3.97. The number of nitrogens with zero attached hydrogens (tertiary/aromatic N) is 3. The highest BCUT2D eigenvalue weighted by molar-refractivity contribution is 7.19. The standard InChI is InChI=1S/C18H24N4O3S/c1-21(2)4-3-19-13-9-14(16(24)12-23)18-15(10-13)20-17(26-18)11-22-5-7-25-8-6-22/h9-10,12,19H,3-8,11H2,1-2H3. The number of anilines is 1. The number of nitrogens with one attached hydrogen (secondary N) is 1. The molecular weight excluding hydrogens is 352 g/mol. The van der Waals surface area contributed by atoms with E-state index in [1.807, 2.05) is 20.2 Å². The van der Waals surface area contributed by atoms with Crippen molar-refractivity contribution in [3.63, 3.8) is 0 Å². The molecule has 0 amide bonds. The summed E-state index contributed by atoms with van der Waals surface area (Å²) >= 11 is 1.49. The third kappa shape index (κ3) is 4.64. The van der Waals surface area contributed by atoms with E-state index in [-0.39, 0.29) is 0 Å². The van der Waals surface area contributed by atoms with Crippen LogP contribution in [0.5, 0.6) is 0 Å². The largest absolute Gasteiger partial charge is 0.384 e. The highest BCUT2D eigenvalue weighted by Crippen LogP contribution is 2.30. The van der Waals surface area contributed by atoms with Crippen LogP contribution in [0.25, 0.3) is 10.2 Å². The SMILES string of the molecule is CN(C)CCNc1cc(C(=O)C=O)c2sc(CN3CCOCC3)nc2c1. The Morgan fingerprint density at radius 2 is 2.15 bits per heavy atom. The van der Waals surface area contributed by atoms with Gasteiger partial charge in [0.05, 0.1) is 30.0 Å². The molecule has 2 aromatic rings. The van der Waals surface area contributed by atoms with Crippen LogP contribution in [-0.4, -0.2) is 80.3 Å². The molecular formula is C18H24N4O3S. The van der Waals surface area contributed by atoms with Crippen molar-refractivity contribution in [3.05, 3.63) is 22.7 Å². The fourth-order valence-electron chi connectivity index (χ4n) is 2.87. The molecule has 7 nitrogen and oxygen atoms in total. The first-order valence-corrected chi connectivity index (χ1v) is 9.50. The Bertz CT molecular complexity index is 784. The second-order valence-electron chi connectivity index (χ2n) is 6.58. The molecule has 0 unspecified atom stereocenters. The van der Waals surface area contributed by atoms with Gasteiger partial charge in [0, 0.05) is 37.4 Å². The van der Waals surface area contributed by atoms with Crippen LogP contribution in [0.15, 0.2) is 12.1 Å². The van der Waals surface area contributed by atoms with Crippen molar-refractivity contribution in [3.8, 4) is 0 Å². The van der Waals surface area contributed by atoms with E-state index in [4.69, 9.17) is 9.72 Å². The Labute approximate surface area is 156 Å². The zero-order chi connectivity index (χ0) is 18.5. The predicted molar refractivity (Wildman–Crippen MR) is 103 cm³/mol. The van der Waals surface area contributed by atoms with Gasteiger partial charge in [0.15, 0.2) is 6.29 Å². The second kappa shape index (κ2) is 8.68. The summed E-state index contributed by atoms with van der Waals surface area (Å²) < 4.78 is 6.16. The molecule has 8 heteroatoms. The maximum atomic E-state index is 12.1. The van der Waals surface area contributed by atoms with E-state index in [2.05, 4.69) is 15.1 Å². The van der Waals surface area contributed by atoms with Crippen LogP contribution in [-0.2, 0) is 16.1 Å². The normalized spacial score (nSPS) is 15.5. The van der Waals surface area contributed by atoms with E-state index in [0.717, 1.165) is 66.8 Å². The number of fused-ring (bicyclic) bond motifs is 1. The van der Waals surface area contributed by atoms with E-state index < -0.39 is 5.78 Å². The number of hydrogen-bond donors (Lipinski definition) is 1. The summed E-state index contributed by atoms with van der Waals surface area (Å²) in [5, 5.41) is 4.26. The molecule has 1 aromatic heterocycles. The smallest absolute Gasteiger partial charge is 0.226 e. The van der Waals surface area contributed by atoms with Crippen molar-refractivity contribution < 1.29 is 14.3 Å². The number of morpholine rings is 1. The summed E-state index contributed by atoms with van der Waals surface area (Å²) in [5.74, 6) is -0.507. The number of carbonyl (C=O) groups excluding carboxylic acids is 2. The molecule has 1 N–H and O–H groups in total. The van der Waals surface area contributed by atoms with Crippen LogP contribution in [0.2, 0.25) is 0 Å². The second-order valence-corrected chi connectivity index (χ2v) is 7.66. The Kier molecular flexibility index (Phi) is 6.31. The molecule has 1 aromatic carbocycles. The summed E-state index contributed by atoms with van der Waals surface area (Å²) in [6.07, 6.45) is 0.375. The van der Waals surface area contributed by atoms with E-state index in [0.29, 0.717) is 11.8 Å². The Hall–Kier alpha value is -1.87. The van der Waals surface area contributed by atoms with Crippen molar-refractivity contribution >= 4 is 39.3 Å². The van der Waals surface area contributed by atoms with Crippen LogP contribution >= 0.6 is 11.3 Å². The number of rotatable bonds is 8. The quantitative estimate of drug-likeness (QED) is 0.425. The van der Waals surface area contributed by atoms with Crippen molar-refractivity contribution in [1.82, 2.24) is 14.8 Å². The predicted octanol–water partition coefficient (Wildman–Crippen LogP) is 1.48. The molecule has 1 aliphatic rings. The zero-order valence-electron chi connectivity index (χ0n) is 15.2. The molecule has 0 atom stereocenters. The van der Waals surface area contributed by atoms with Gasteiger partial charge in [0.1, 0.15) is 5.01 Å². The zero-order valence-corrected chi connectivity index (χ0v) is 16.0. The first kappa shape index (κ1) is 18.9. The number of carbonyl (C=O) groups is 2. The first-order chi connectivity index (χ1) is 12.6. The molecule has 0 aliphatic carbocycles. The Morgan fingerprint density at radius 1 is 1.38 bits per heavy atom. The molecule has 3 rings (SSSR count). The number of ether oxygens (including phenoxy) is 1. The van der Waals surface area contributed by atoms with Crippen LogP contribution in [0.1, 0.15) is 15.4 Å². The van der Waals surface area contributed by atoms with Gasteiger partial charge in [-0.15, -0.1) is 11.3 Å². The fraction of sp³-hybridized carbons (Fsp3) is 0.500. The van der Waals surface area contributed by atoms with E-state index in [9.17, 15) is 9.59 Å². The van der Waals surface area contributed by atoms with Gasteiger partial charge in [-0.25, -0.2) is 4.98 Å². The highest BCUT2D eigenvalue weighted by Gasteiger charge is 2.18. The lowest BCUT2D eigenvalue weighted by Crippen LogP contribution is -2.35. The van der Waals surface area contributed by atoms with Crippen LogP contribution < -0.4 is 5.32 Å². The van der Waals surface area contributed by atoms with Gasteiger partial charge in [0.25, 0.3) is 0 Å². The highest BCUT2D eigenvalue weighted by atomic mass is 32.1. The molecule has 2 heterocycles. The Balaban J connectivity index is 1.86. The average molecular weight is 376 g/mol. The van der Waals surface area contributed by atoms with Gasteiger partial charge in [-0.2, -0.15) is 0 Å². The molecule has 0 spiro atoms. The van der Waals surface area contributed by atoms with Crippen LogP contribution in [0, 0.1) is 0 Å². The van der Waals surface area contributed by atoms with Gasteiger partial charge in [-0.3, -0.25) is 14.5 Å². The lowest BCUT2D eigenvalue weighted by atomic mass is 10.1. The van der Waals surface area contributed by atoms with Gasteiger partial charge in [0.2, 0.25) is 5.78 Å². The van der Waals surface area contributed by atoms with Crippen LogP contribution in [0.3, 0.4) is 0 Å². The number of hydrogen-bond acceptors (Lipinski definition) is 8. The molecule has 140 valence electrons. The minimum atomic E-state index is -0.507. The average Bonchev–Trinajstić information content (AvgIpc) is 3.03. The van der Waals surface area contributed by atoms with Gasteiger partial charge >= 0.3 is 0 Å². The molecule has 0 radical (unpaired) electrons. The lowest BCUT2D eigenvalue weighted by molar-refractivity contribution is -0.104. The van der Waals surface area contributed by atoms with Crippen molar-refractivity contribution in [2.75, 3.05) is 58.8 Å². The summed E-state index contributed by atoms with van der Waals surface area (Å²) in [4.78, 5) is 32.3. The first-order valence-electron chi connectivity index (χ1n) is 8.68. The van der Waals surface area contributed by atoms with Crippen molar-refractivity contribution in [2.45, 2.75) is 6.54 Å². The Morgan fingerprint density at radius 3 is 2.85 bits per heavy atom. The molecule has 26 heavy (non-hydrogen) atoms. The number of Topliss-reactive ketones (excluding diaryl/α,β-unsaturated/α-hetero) is 1. The van der Waals surface area contributed by atoms with Gasteiger partial charge in [-0.1, -0.05) is 0 Å². The molecule has 1 fully saturated rings. The molecule has 1 saturated heterocycles. The summed E-state index contributed by atoms with van der Waals surface area (Å²) in [5.41, 5.74) is 2.00. The van der Waals surface area contributed by atoms with E-state index in [1.165, 1.54) is 11.3 Å². The minimum Gasteiger partial charge on any atom is -0.384 e. The summed E-state index contributed by atoms with van der Waals surface area (Å²) in [6, 6.07) is 3.71. The van der Waals surface area contributed by atoms with Gasteiger partial charge in [-0.05, 0) is 26.2 Å². The maximum Gasteiger partial charge on any atom is 0.226 e. The third-order valence-corrected chi connectivity index (χ3v) is 5.35. The number of ketones is 1. The lowest BCUT2D eigenvalue weighted by Gasteiger charge is -2.25. The summed E-state index contributed by atoms with van der Waals surface area (Å²) in [6.45, 7) is 5.59. The number of aldehydes is 1. The number of likely N-dealkylation sites (N-methyl/N-ethyl adjacent to an activating group) is 1. The van der Waals surface area contributed by atoms with Crippen molar-refractivity contribution in [2.24, 2.45) is 0 Å². The topological polar surface area (TPSA) is 74.8 Å². The maximum absolute atomic E-state index is 12.1. The van der Waals surface area contributed by atoms with Crippen molar-refractivity contribution in [1.29, 1.82) is 0 Å². The molecule has 0 saturated carbocycles. The van der Waals surface area contributed by atoms with E-state index >= 15 is 0 Å². The van der Waals surface area contributed by atoms with Crippen LogP contribution in [0.4, 0.5) is 5.69 Å². The number of thiazole rings is 1. The number of aromatic nitrogens is 1. The number of benzene rings is 1. The van der Waals surface area contributed by atoms with Gasteiger partial charge < -0.3 is 15.0 Å². The third-order valence-electron chi connectivity index (χ3n) is 4.26.